The maximum absolute atomic E-state index is 5.13. The molecule has 4 heteroatoms. The van der Waals surface area contributed by atoms with Gasteiger partial charge in [-0.1, -0.05) is 128 Å². The second kappa shape index (κ2) is 13.9. The number of nitrogens with zero attached hydrogens (tertiary/aromatic N) is 4. The largest absolute Gasteiger partial charge is 0.256 e. The van der Waals surface area contributed by atoms with Gasteiger partial charge in [0.25, 0.3) is 0 Å². The molecule has 6 aromatic carbocycles. The molecule has 4 nitrogen and oxygen atoms in total. The van der Waals surface area contributed by atoms with Gasteiger partial charge in [-0.25, -0.2) is 15.0 Å². The summed E-state index contributed by atoms with van der Waals surface area (Å²) in [6.07, 6.45) is 14.2. The third kappa shape index (κ3) is 6.02. The maximum Gasteiger partial charge on any atom is 0.164 e. The Balaban J connectivity index is 1.31. The van der Waals surface area contributed by atoms with Gasteiger partial charge in [0.15, 0.2) is 17.5 Å². The highest BCUT2D eigenvalue weighted by atomic mass is 15.0. The van der Waals surface area contributed by atoms with E-state index in [0.29, 0.717) is 17.5 Å². The fraction of sp³-hybridized carbons (Fsp3) is 0.102. The average molecular weight is 683 g/mol. The first-order chi connectivity index (χ1) is 26.2. The lowest BCUT2D eigenvalue weighted by molar-refractivity contribution is 0.949. The van der Waals surface area contributed by atoms with Crippen molar-refractivity contribution in [3.05, 3.63) is 168 Å². The van der Waals surface area contributed by atoms with Crippen LogP contribution in [0.5, 0.6) is 0 Å². The summed E-state index contributed by atoms with van der Waals surface area (Å²) in [5.74, 6) is 1.89. The van der Waals surface area contributed by atoms with Crippen molar-refractivity contribution in [1.82, 2.24) is 19.9 Å². The van der Waals surface area contributed by atoms with Crippen molar-refractivity contribution in [2.24, 2.45) is 0 Å². The number of hydrogen-bond acceptors (Lipinski definition) is 4. The number of allylic oxidation sites excluding steroid dienone is 2. The molecular weight excluding hydrogens is 645 g/mol. The van der Waals surface area contributed by atoms with Crippen molar-refractivity contribution in [2.75, 3.05) is 0 Å². The van der Waals surface area contributed by atoms with Gasteiger partial charge in [0.05, 0.1) is 5.69 Å². The smallest absolute Gasteiger partial charge is 0.164 e. The van der Waals surface area contributed by atoms with Crippen LogP contribution in [0, 0.1) is 0 Å². The SMILES string of the molecule is C/C=C\c1c(CC)c2c(c3ccc(-c4cc(-c5nc(-c6ccccc6)nc(-c6ccccc6)n5)cc(-c5nccc6ccccc56)c4)cc13)C=CCC2. The molecule has 8 aromatic rings. The minimum Gasteiger partial charge on any atom is -0.256 e. The monoisotopic (exact) mass is 682 g/mol. The van der Waals surface area contributed by atoms with Gasteiger partial charge in [0.1, 0.15) is 0 Å². The summed E-state index contributed by atoms with van der Waals surface area (Å²) in [7, 11) is 0. The minimum absolute atomic E-state index is 0.615. The Kier molecular flexibility index (Phi) is 8.49. The van der Waals surface area contributed by atoms with Crippen LogP contribution >= 0.6 is 0 Å². The van der Waals surface area contributed by atoms with E-state index in [1.807, 2.05) is 66.9 Å². The molecule has 0 radical (unpaired) electrons. The molecule has 0 unspecified atom stereocenters. The van der Waals surface area contributed by atoms with E-state index in [9.17, 15) is 0 Å². The van der Waals surface area contributed by atoms with E-state index in [-0.39, 0.29) is 0 Å². The molecule has 9 rings (SSSR count). The van der Waals surface area contributed by atoms with Crippen molar-refractivity contribution >= 4 is 33.7 Å². The zero-order chi connectivity index (χ0) is 35.7. The topological polar surface area (TPSA) is 51.6 Å². The highest BCUT2D eigenvalue weighted by Crippen LogP contribution is 2.40. The van der Waals surface area contributed by atoms with Crippen LogP contribution in [0.4, 0.5) is 0 Å². The molecule has 0 N–H and O–H groups in total. The number of hydrogen-bond donors (Lipinski definition) is 0. The van der Waals surface area contributed by atoms with Crippen molar-refractivity contribution in [3.63, 3.8) is 0 Å². The molecule has 1 aliphatic rings. The lowest BCUT2D eigenvalue weighted by Crippen LogP contribution is -2.04. The molecule has 0 spiro atoms. The van der Waals surface area contributed by atoms with Crippen LogP contribution in [0.3, 0.4) is 0 Å². The number of pyridine rings is 1. The van der Waals surface area contributed by atoms with Gasteiger partial charge in [0.2, 0.25) is 0 Å². The number of benzene rings is 6. The molecule has 1 aliphatic carbocycles. The van der Waals surface area contributed by atoms with Crippen LogP contribution in [0.2, 0.25) is 0 Å². The van der Waals surface area contributed by atoms with E-state index < -0.39 is 0 Å². The standard InChI is InChI=1S/C49H38N4/c1-3-15-41-39(4-2)42-22-13-14-23-43(42)44-25-24-35(31-45(41)44)36-28-37(46-40-21-12-11-16-32(40)26-27-50-46)30-38(29-36)49-52-47(33-17-7-5-8-18-33)51-48(53-49)34-19-9-6-10-20-34/h3,5-12,14-21,23-31H,4,13,22H2,1-2H3/b15-3-. The molecule has 0 saturated heterocycles. The van der Waals surface area contributed by atoms with E-state index in [0.717, 1.165) is 69.1 Å². The molecule has 0 amide bonds. The summed E-state index contributed by atoms with van der Waals surface area (Å²) in [5, 5.41) is 4.82. The second-order valence-corrected chi connectivity index (χ2v) is 13.6. The summed E-state index contributed by atoms with van der Waals surface area (Å²) in [4.78, 5) is 20.2. The molecule has 2 aromatic heterocycles. The fourth-order valence-electron chi connectivity index (χ4n) is 7.84. The van der Waals surface area contributed by atoms with E-state index in [2.05, 4.69) is 105 Å². The van der Waals surface area contributed by atoms with Gasteiger partial charge in [-0.2, -0.15) is 0 Å². The van der Waals surface area contributed by atoms with Crippen molar-refractivity contribution in [2.45, 2.75) is 33.1 Å². The maximum atomic E-state index is 5.13. The zero-order valence-corrected chi connectivity index (χ0v) is 29.9. The molecule has 0 atom stereocenters. The first-order valence-electron chi connectivity index (χ1n) is 18.5. The quantitative estimate of drug-likeness (QED) is 0.168. The Hall–Kier alpha value is -6.52. The fourth-order valence-corrected chi connectivity index (χ4v) is 7.84. The van der Waals surface area contributed by atoms with Crippen molar-refractivity contribution < 1.29 is 0 Å². The van der Waals surface area contributed by atoms with E-state index in [4.69, 9.17) is 19.9 Å². The van der Waals surface area contributed by atoms with Crippen LogP contribution in [0.15, 0.2) is 146 Å². The van der Waals surface area contributed by atoms with Crippen LogP contribution in [-0.2, 0) is 12.8 Å². The third-order valence-electron chi connectivity index (χ3n) is 10.3. The molecule has 53 heavy (non-hydrogen) atoms. The lowest BCUT2D eigenvalue weighted by atomic mass is 9.82. The molecule has 254 valence electrons. The molecular formula is C49H38N4. The normalized spacial score (nSPS) is 12.5. The zero-order valence-electron chi connectivity index (χ0n) is 29.9. The van der Waals surface area contributed by atoms with E-state index in [1.165, 1.54) is 33.0 Å². The summed E-state index contributed by atoms with van der Waals surface area (Å²) < 4.78 is 0. The van der Waals surface area contributed by atoms with Gasteiger partial charge in [-0.15, -0.1) is 0 Å². The summed E-state index contributed by atoms with van der Waals surface area (Å²) in [6.45, 7) is 4.40. The van der Waals surface area contributed by atoms with Crippen molar-refractivity contribution in [3.8, 4) is 56.5 Å². The van der Waals surface area contributed by atoms with Gasteiger partial charge >= 0.3 is 0 Å². The Morgan fingerprint density at radius 1 is 0.585 bits per heavy atom. The highest BCUT2D eigenvalue weighted by molar-refractivity contribution is 6.02. The first kappa shape index (κ1) is 32.4. The van der Waals surface area contributed by atoms with Crippen LogP contribution in [0.1, 0.15) is 42.5 Å². The molecule has 2 heterocycles. The summed E-state index contributed by atoms with van der Waals surface area (Å²) in [6, 6.07) is 44.4. The molecule has 0 bridgehead atoms. The Morgan fingerprint density at radius 2 is 1.25 bits per heavy atom. The van der Waals surface area contributed by atoms with E-state index in [1.54, 1.807) is 0 Å². The third-order valence-corrected chi connectivity index (χ3v) is 10.3. The van der Waals surface area contributed by atoms with Crippen LogP contribution in [-0.4, -0.2) is 19.9 Å². The summed E-state index contributed by atoms with van der Waals surface area (Å²) in [5.41, 5.74) is 12.6. The number of rotatable bonds is 7. The molecule has 0 fully saturated rings. The first-order valence-corrected chi connectivity index (χ1v) is 18.5. The number of fused-ring (bicyclic) bond motifs is 4. The predicted octanol–water partition coefficient (Wildman–Crippen LogP) is 12.5. The van der Waals surface area contributed by atoms with Crippen LogP contribution in [0.25, 0.3) is 90.2 Å². The Bertz CT molecular complexity index is 2650. The van der Waals surface area contributed by atoms with Gasteiger partial charge in [-0.3, -0.25) is 4.98 Å². The van der Waals surface area contributed by atoms with Gasteiger partial charge in [-0.05, 0) is 106 Å². The Labute approximate surface area is 310 Å². The summed E-state index contributed by atoms with van der Waals surface area (Å²) >= 11 is 0. The van der Waals surface area contributed by atoms with Crippen LogP contribution < -0.4 is 0 Å². The Morgan fingerprint density at radius 3 is 1.96 bits per heavy atom. The molecule has 0 aliphatic heterocycles. The lowest BCUT2D eigenvalue weighted by Gasteiger charge is -2.22. The average Bonchev–Trinajstić information content (AvgIpc) is 3.23. The van der Waals surface area contributed by atoms with Gasteiger partial charge in [0, 0.05) is 33.8 Å². The highest BCUT2D eigenvalue weighted by Gasteiger charge is 2.20. The van der Waals surface area contributed by atoms with Gasteiger partial charge < -0.3 is 0 Å². The number of aromatic nitrogens is 4. The van der Waals surface area contributed by atoms with E-state index >= 15 is 0 Å². The van der Waals surface area contributed by atoms with Crippen molar-refractivity contribution in [1.29, 1.82) is 0 Å². The predicted molar refractivity (Wildman–Crippen MR) is 221 cm³/mol. The molecule has 0 saturated carbocycles. The minimum atomic E-state index is 0.615. The second-order valence-electron chi connectivity index (χ2n) is 13.6.